The molecule has 0 atom stereocenters. The molecule has 0 nitrogen and oxygen atoms in total. The molecule has 0 aliphatic carbocycles. The van der Waals surface area contributed by atoms with E-state index in [-0.39, 0.29) is 11.1 Å². The van der Waals surface area contributed by atoms with E-state index >= 15 is 0 Å². The van der Waals surface area contributed by atoms with Gasteiger partial charge in [0.1, 0.15) is 5.82 Å². The van der Waals surface area contributed by atoms with E-state index in [1.807, 2.05) is 0 Å². The molecular formula is C9H8F4. The van der Waals surface area contributed by atoms with Crippen LogP contribution in [0.4, 0.5) is 17.6 Å². The molecule has 0 saturated heterocycles. The SMILES string of the molecule is Cc1ccc(F)c(C)c1C(F)(F)F. The second-order valence-electron chi connectivity index (χ2n) is 2.86. The van der Waals surface area contributed by atoms with Gasteiger partial charge >= 0.3 is 6.18 Å². The van der Waals surface area contributed by atoms with Gasteiger partial charge in [-0.3, -0.25) is 0 Å². The van der Waals surface area contributed by atoms with Gasteiger partial charge in [0.2, 0.25) is 0 Å². The van der Waals surface area contributed by atoms with E-state index in [1.54, 1.807) is 0 Å². The van der Waals surface area contributed by atoms with Gasteiger partial charge in [-0.2, -0.15) is 13.2 Å². The molecule has 0 N–H and O–H groups in total. The molecule has 0 aromatic heterocycles. The number of hydrogen-bond donors (Lipinski definition) is 0. The molecule has 72 valence electrons. The van der Waals surface area contributed by atoms with E-state index in [2.05, 4.69) is 0 Å². The van der Waals surface area contributed by atoms with E-state index in [4.69, 9.17) is 0 Å². The van der Waals surface area contributed by atoms with Crippen molar-refractivity contribution < 1.29 is 17.6 Å². The molecule has 4 heteroatoms. The van der Waals surface area contributed by atoms with Gasteiger partial charge < -0.3 is 0 Å². The summed E-state index contributed by atoms with van der Waals surface area (Å²) in [6, 6.07) is 2.17. The summed E-state index contributed by atoms with van der Waals surface area (Å²) in [5.41, 5.74) is -1.16. The van der Waals surface area contributed by atoms with Gasteiger partial charge in [-0.05, 0) is 31.0 Å². The Kier molecular flexibility index (Phi) is 2.32. The summed E-state index contributed by atoms with van der Waals surface area (Å²) >= 11 is 0. The topological polar surface area (TPSA) is 0 Å². The van der Waals surface area contributed by atoms with E-state index in [9.17, 15) is 17.6 Å². The van der Waals surface area contributed by atoms with Gasteiger partial charge in [0.05, 0.1) is 5.56 Å². The van der Waals surface area contributed by atoms with Gasteiger partial charge in [0, 0.05) is 0 Å². The smallest absolute Gasteiger partial charge is 0.207 e. The van der Waals surface area contributed by atoms with Gasteiger partial charge in [-0.1, -0.05) is 6.07 Å². The normalized spacial score (nSPS) is 11.8. The van der Waals surface area contributed by atoms with Crippen LogP contribution in [0.2, 0.25) is 0 Å². The molecule has 0 unspecified atom stereocenters. The summed E-state index contributed by atoms with van der Waals surface area (Å²) in [4.78, 5) is 0. The maximum Gasteiger partial charge on any atom is 0.417 e. The minimum atomic E-state index is -4.48. The van der Waals surface area contributed by atoms with Gasteiger partial charge in [0.15, 0.2) is 0 Å². The third-order valence-corrected chi connectivity index (χ3v) is 1.89. The molecule has 0 aliphatic rings. The minimum absolute atomic E-state index is 0.0476. The first-order valence-electron chi connectivity index (χ1n) is 3.67. The van der Waals surface area contributed by atoms with Crippen molar-refractivity contribution in [3.63, 3.8) is 0 Å². The lowest BCUT2D eigenvalue weighted by molar-refractivity contribution is -0.138. The summed E-state index contributed by atoms with van der Waals surface area (Å²) < 4.78 is 49.8. The summed E-state index contributed by atoms with van der Waals surface area (Å²) in [7, 11) is 0. The Labute approximate surface area is 73.2 Å². The molecule has 0 fully saturated rings. The lowest BCUT2D eigenvalue weighted by Gasteiger charge is -2.13. The van der Waals surface area contributed by atoms with Crippen molar-refractivity contribution in [3.05, 3.63) is 34.6 Å². The molecule has 0 radical (unpaired) electrons. The molecule has 0 bridgehead atoms. The van der Waals surface area contributed by atoms with E-state index in [0.717, 1.165) is 19.1 Å². The van der Waals surface area contributed by atoms with Crippen LogP contribution in [-0.2, 0) is 6.18 Å². The standard InChI is InChI=1S/C9H8F4/c1-5-3-4-7(10)6(2)8(5)9(11,12)13/h3-4H,1-2H3. The second kappa shape index (κ2) is 3.01. The Morgan fingerprint density at radius 3 is 2.00 bits per heavy atom. The van der Waals surface area contributed by atoms with Crippen LogP contribution >= 0.6 is 0 Å². The van der Waals surface area contributed by atoms with E-state index in [1.165, 1.54) is 6.92 Å². The predicted molar refractivity (Wildman–Crippen MR) is 40.9 cm³/mol. The predicted octanol–water partition coefficient (Wildman–Crippen LogP) is 3.46. The van der Waals surface area contributed by atoms with Crippen LogP contribution in [0.3, 0.4) is 0 Å². The summed E-state index contributed by atoms with van der Waals surface area (Å²) in [5, 5.41) is 0. The van der Waals surface area contributed by atoms with Crippen LogP contribution in [0, 0.1) is 19.7 Å². The monoisotopic (exact) mass is 192 g/mol. The number of alkyl halides is 3. The zero-order valence-corrected chi connectivity index (χ0v) is 7.17. The number of hydrogen-bond acceptors (Lipinski definition) is 0. The minimum Gasteiger partial charge on any atom is -0.207 e. The van der Waals surface area contributed by atoms with Gasteiger partial charge in [0.25, 0.3) is 0 Å². The molecule has 1 aromatic rings. The highest BCUT2D eigenvalue weighted by Gasteiger charge is 2.34. The average molecular weight is 192 g/mol. The first-order chi connectivity index (χ1) is 5.84. The highest BCUT2D eigenvalue weighted by atomic mass is 19.4. The largest absolute Gasteiger partial charge is 0.417 e. The fourth-order valence-electron chi connectivity index (χ4n) is 1.26. The van der Waals surface area contributed by atoms with Crippen LogP contribution in [0.15, 0.2) is 12.1 Å². The Morgan fingerprint density at radius 1 is 1.08 bits per heavy atom. The van der Waals surface area contributed by atoms with Crippen LogP contribution in [-0.4, -0.2) is 0 Å². The van der Waals surface area contributed by atoms with Crippen LogP contribution in [0.5, 0.6) is 0 Å². The fourth-order valence-corrected chi connectivity index (χ4v) is 1.26. The molecule has 13 heavy (non-hydrogen) atoms. The van der Waals surface area contributed by atoms with Crippen LogP contribution in [0.1, 0.15) is 16.7 Å². The van der Waals surface area contributed by atoms with Gasteiger partial charge in [-0.15, -0.1) is 0 Å². The first kappa shape index (κ1) is 10.0. The number of benzene rings is 1. The fraction of sp³-hybridized carbons (Fsp3) is 0.333. The van der Waals surface area contributed by atoms with Crippen LogP contribution in [0.25, 0.3) is 0 Å². The number of aryl methyl sites for hydroxylation is 1. The van der Waals surface area contributed by atoms with Gasteiger partial charge in [-0.25, -0.2) is 4.39 Å². The van der Waals surface area contributed by atoms with E-state index in [0.29, 0.717) is 0 Å². The quantitative estimate of drug-likeness (QED) is 0.552. The highest BCUT2D eigenvalue weighted by Crippen LogP contribution is 2.34. The van der Waals surface area contributed by atoms with Crippen molar-refractivity contribution >= 4 is 0 Å². The van der Waals surface area contributed by atoms with Crippen molar-refractivity contribution in [1.82, 2.24) is 0 Å². The third kappa shape index (κ3) is 1.82. The maximum atomic E-state index is 12.8. The van der Waals surface area contributed by atoms with Crippen LogP contribution < -0.4 is 0 Å². The van der Waals surface area contributed by atoms with Crippen molar-refractivity contribution in [2.24, 2.45) is 0 Å². The second-order valence-corrected chi connectivity index (χ2v) is 2.86. The molecular weight excluding hydrogens is 184 g/mol. The Balaban J connectivity index is 3.43. The zero-order chi connectivity index (χ0) is 10.2. The molecule has 1 aromatic carbocycles. The Bertz CT molecular complexity index is 325. The molecule has 0 saturated carbocycles. The number of halogens is 4. The van der Waals surface area contributed by atoms with Crippen molar-refractivity contribution in [1.29, 1.82) is 0 Å². The molecule has 0 aliphatic heterocycles. The number of rotatable bonds is 0. The van der Waals surface area contributed by atoms with Crippen molar-refractivity contribution in [2.75, 3.05) is 0 Å². The highest BCUT2D eigenvalue weighted by molar-refractivity contribution is 5.36. The summed E-state index contributed by atoms with van der Waals surface area (Å²) in [6.07, 6.45) is -4.48. The molecule has 0 amide bonds. The maximum absolute atomic E-state index is 12.8. The molecule has 0 spiro atoms. The Hall–Kier alpha value is -1.06. The molecule has 1 rings (SSSR count). The average Bonchev–Trinajstić information content (AvgIpc) is 1.95. The van der Waals surface area contributed by atoms with Crippen molar-refractivity contribution in [3.8, 4) is 0 Å². The summed E-state index contributed by atoms with van der Waals surface area (Å²) in [5.74, 6) is -0.821. The van der Waals surface area contributed by atoms with E-state index < -0.39 is 17.6 Å². The lowest BCUT2D eigenvalue weighted by atomic mass is 10.0. The van der Waals surface area contributed by atoms with Crippen molar-refractivity contribution in [2.45, 2.75) is 20.0 Å². The summed E-state index contributed by atoms with van der Waals surface area (Å²) in [6.45, 7) is 2.44. The first-order valence-corrected chi connectivity index (χ1v) is 3.67. The Morgan fingerprint density at radius 2 is 1.62 bits per heavy atom. The lowest BCUT2D eigenvalue weighted by Crippen LogP contribution is -2.11. The molecule has 0 heterocycles. The third-order valence-electron chi connectivity index (χ3n) is 1.89. The zero-order valence-electron chi connectivity index (χ0n) is 7.17.